The number of para-hydroxylation sites is 1. The molecule has 0 unspecified atom stereocenters. The van der Waals surface area contributed by atoms with Crippen LogP contribution in [0.25, 0.3) is 10.2 Å². The number of nitrogens with one attached hydrogen (secondary N) is 1. The van der Waals surface area contributed by atoms with E-state index < -0.39 is 0 Å². The number of thiazole rings is 1. The van der Waals surface area contributed by atoms with Crippen LogP contribution in [0.5, 0.6) is 0 Å². The second kappa shape index (κ2) is 7.66. The second-order valence-electron chi connectivity index (χ2n) is 6.26. The Kier molecular flexibility index (Phi) is 5.32. The number of nitrogens with zero attached hydrogens (tertiary/aromatic N) is 2. The van der Waals surface area contributed by atoms with E-state index in [1.165, 1.54) is 6.92 Å². The zero-order valence-corrected chi connectivity index (χ0v) is 15.8. The molecule has 0 radical (unpaired) electrons. The van der Waals surface area contributed by atoms with Gasteiger partial charge in [-0.1, -0.05) is 24.3 Å². The first-order valence-corrected chi connectivity index (χ1v) is 9.23. The van der Waals surface area contributed by atoms with Crippen LogP contribution in [-0.4, -0.2) is 28.7 Å². The number of benzene rings is 2. The van der Waals surface area contributed by atoms with E-state index in [1.807, 2.05) is 50.4 Å². The van der Waals surface area contributed by atoms with Crippen LogP contribution in [0.4, 0.5) is 5.69 Å². The van der Waals surface area contributed by atoms with Crippen molar-refractivity contribution in [1.82, 2.24) is 9.88 Å². The molecule has 1 N–H and O–H groups in total. The van der Waals surface area contributed by atoms with Crippen molar-refractivity contribution in [3.63, 3.8) is 0 Å². The number of hydrogen-bond acceptors (Lipinski definition) is 4. The molecule has 5 nitrogen and oxygen atoms in total. The van der Waals surface area contributed by atoms with Crippen molar-refractivity contribution in [3.8, 4) is 0 Å². The van der Waals surface area contributed by atoms with Gasteiger partial charge in [0, 0.05) is 19.7 Å². The fraction of sp³-hybridized carbons (Fsp3) is 0.250. The Labute approximate surface area is 156 Å². The van der Waals surface area contributed by atoms with Crippen LogP contribution < -0.4 is 5.32 Å². The Bertz CT molecular complexity index is 901. The standard InChI is InChI=1S/C20H21N3O2S/c1-13(20-22-17-6-4-5-7-18(17)26-20)23(3)19(25)12-15-8-10-16(11-9-15)21-14(2)24/h4-11,13H,12H2,1-3H3,(H,21,24)/t13-/m0/s1. The Morgan fingerprint density at radius 1 is 1.15 bits per heavy atom. The van der Waals surface area contributed by atoms with Gasteiger partial charge in [-0.3, -0.25) is 9.59 Å². The van der Waals surface area contributed by atoms with E-state index in [-0.39, 0.29) is 17.9 Å². The molecule has 6 heteroatoms. The third kappa shape index (κ3) is 4.08. The summed E-state index contributed by atoms with van der Waals surface area (Å²) in [4.78, 5) is 30.1. The first kappa shape index (κ1) is 18.1. The SMILES string of the molecule is CC(=O)Nc1ccc(CC(=O)N(C)[C@@H](C)c2nc3ccccc3s2)cc1. The van der Waals surface area contributed by atoms with Gasteiger partial charge in [0.15, 0.2) is 0 Å². The number of rotatable bonds is 5. The van der Waals surface area contributed by atoms with Gasteiger partial charge in [-0.25, -0.2) is 4.98 Å². The van der Waals surface area contributed by atoms with E-state index in [2.05, 4.69) is 10.3 Å². The van der Waals surface area contributed by atoms with E-state index >= 15 is 0 Å². The number of aromatic nitrogens is 1. The summed E-state index contributed by atoms with van der Waals surface area (Å²) < 4.78 is 1.13. The molecule has 0 aliphatic rings. The molecule has 0 aliphatic carbocycles. The Hall–Kier alpha value is -2.73. The lowest BCUT2D eigenvalue weighted by atomic mass is 10.1. The summed E-state index contributed by atoms with van der Waals surface area (Å²) in [5.74, 6) is -0.0812. The quantitative estimate of drug-likeness (QED) is 0.741. The van der Waals surface area contributed by atoms with Crippen LogP contribution in [0.2, 0.25) is 0 Å². The highest BCUT2D eigenvalue weighted by atomic mass is 32.1. The van der Waals surface area contributed by atoms with Crippen LogP contribution >= 0.6 is 11.3 Å². The molecule has 134 valence electrons. The van der Waals surface area contributed by atoms with Crippen LogP contribution in [-0.2, 0) is 16.0 Å². The maximum Gasteiger partial charge on any atom is 0.227 e. The summed E-state index contributed by atoms with van der Waals surface area (Å²) >= 11 is 1.62. The largest absolute Gasteiger partial charge is 0.336 e. The number of fused-ring (bicyclic) bond motifs is 1. The predicted molar refractivity (Wildman–Crippen MR) is 105 cm³/mol. The Morgan fingerprint density at radius 3 is 2.50 bits per heavy atom. The van der Waals surface area contributed by atoms with Crippen molar-refractivity contribution in [1.29, 1.82) is 0 Å². The number of likely N-dealkylation sites (N-methyl/N-ethyl adjacent to an activating group) is 1. The zero-order chi connectivity index (χ0) is 18.7. The average Bonchev–Trinajstić information content (AvgIpc) is 3.05. The maximum atomic E-state index is 12.6. The third-order valence-electron chi connectivity index (χ3n) is 4.27. The van der Waals surface area contributed by atoms with Crippen molar-refractivity contribution >= 4 is 39.1 Å². The highest BCUT2D eigenvalue weighted by Gasteiger charge is 2.20. The second-order valence-corrected chi connectivity index (χ2v) is 7.32. The van der Waals surface area contributed by atoms with Gasteiger partial charge in [0.1, 0.15) is 5.01 Å². The van der Waals surface area contributed by atoms with Crippen LogP contribution in [0.1, 0.15) is 30.5 Å². The predicted octanol–water partition coefficient (Wildman–Crippen LogP) is 4.02. The molecule has 3 rings (SSSR count). The molecule has 2 aromatic carbocycles. The normalized spacial score (nSPS) is 12.0. The molecular formula is C20H21N3O2S. The van der Waals surface area contributed by atoms with E-state index in [4.69, 9.17) is 0 Å². The first-order valence-electron chi connectivity index (χ1n) is 8.41. The molecule has 0 saturated heterocycles. The molecule has 2 amide bonds. The van der Waals surface area contributed by atoms with Gasteiger partial charge < -0.3 is 10.2 Å². The summed E-state index contributed by atoms with van der Waals surface area (Å²) in [5, 5.41) is 3.65. The highest BCUT2D eigenvalue weighted by Crippen LogP contribution is 2.29. The minimum Gasteiger partial charge on any atom is -0.336 e. The van der Waals surface area contributed by atoms with Gasteiger partial charge in [0.25, 0.3) is 0 Å². The van der Waals surface area contributed by atoms with Crippen LogP contribution in [0.3, 0.4) is 0 Å². The topological polar surface area (TPSA) is 62.3 Å². The van der Waals surface area contributed by atoms with Crippen molar-refractivity contribution in [2.75, 3.05) is 12.4 Å². The van der Waals surface area contributed by atoms with Crippen molar-refractivity contribution in [2.24, 2.45) is 0 Å². The summed E-state index contributed by atoms with van der Waals surface area (Å²) in [6.07, 6.45) is 0.312. The van der Waals surface area contributed by atoms with Crippen LogP contribution in [0.15, 0.2) is 48.5 Å². The highest BCUT2D eigenvalue weighted by molar-refractivity contribution is 7.18. The lowest BCUT2D eigenvalue weighted by Gasteiger charge is -2.23. The number of amides is 2. The number of carbonyl (C=O) groups is 2. The fourth-order valence-electron chi connectivity index (χ4n) is 2.66. The summed E-state index contributed by atoms with van der Waals surface area (Å²) in [5.41, 5.74) is 2.60. The Morgan fingerprint density at radius 2 is 1.85 bits per heavy atom. The lowest BCUT2D eigenvalue weighted by molar-refractivity contribution is -0.131. The number of anilines is 1. The molecule has 0 saturated carbocycles. The van der Waals surface area contributed by atoms with Crippen molar-refractivity contribution in [3.05, 3.63) is 59.1 Å². The van der Waals surface area contributed by atoms with E-state index in [9.17, 15) is 9.59 Å². The molecule has 1 atom stereocenters. The molecule has 26 heavy (non-hydrogen) atoms. The van der Waals surface area contributed by atoms with Gasteiger partial charge in [0.05, 0.1) is 22.7 Å². The van der Waals surface area contributed by atoms with E-state index in [1.54, 1.807) is 28.4 Å². The Balaban J connectivity index is 1.67. The average molecular weight is 367 g/mol. The van der Waals surface area contributed by atoms with Gasteiger partial charge in [-0.05, 0) is 36.8 Å². The maximum absolute atomic E-state index is 12.6. The van der Waals surface area contributed by atoms with E-state index in [0.717, 1.165) is 26.5 Å². The number of carbonyl (C=O) groups excluding carboxylic acids is 2. The lowest BCUT2D eigenvalue weighted by Crippen LogP contribution is -2.30. The smallest absolute Gasteiger partial charge is 0.227 e. The van der Waals surface area contributed by atoms with Crippen LogP contribution in [0, 0.1) is 0 Å². The molecule has 3 aromatic rings. The van der Waals surface area contributed by atoms with Crippen molar-refractivity contribution in [2.45, 2.75) is 26.3 Å². The molecule has 0 aliphatic heterocycles. The minimum absolute atomic E-state index is 0.0315. The van der Waals surface area contributed by atoms with Gasteiger partial charge in [0.2, 0.25) is 11.8 Å². The first-order chi connectivity index (χ1) is 12.4. The summed E-state index contributed by atoms with van der Waals surface area (Å²) in [6, 6.07) is 15.2. The summed E-state index contributed by atoms with van der Waals surface area (Å²) in [7, 11) is 1.81. The fourth-order valence-corrected chi connectivity index (χ4v) is 3.72. The van der Waals surface area contributed by atoms with Crippen molar-refractivity contribution < 1.29 is 9.59 Å². The van der Waals surface area contributed by atoms with Gasteiger partial charge >= 0.3 is 0 Å². The molecule has 0 spiro atoms. The monoisotopic (exact) mass is 367 g/mol. The molecule has 0 bridgehead atoms. The molecule has 0 fully saturated rings. The molecule has 1 aromatic heterocycles. The molecular weight excluding hydrogens is 346 g/mol. The number of hydrogen-bond donors (Lipinski definition) is 1. The van der Waals surface area contributed by atoms with E-state index in [0.29, 0.717) is 6.42 Å². The minimum atomic E-state index is -0.113. The van der Waals surface area contributed by atoms with Gasteiger partial charge in [-0.2, -0.15) is 0 Å². The zero-order valence-electron chi connectivity index (χ0n) is 15.0. The molecule has 1 heterocycles. The summed E-state index contributed by atoms with van der Waals surface area (Å²) in [6.45, 7) is 3.46. The third-order valence-corrected chi connectivity index (χ3v) is 5.48. The van der Waals surface area contributed by atoms with Gasteiger partial charge in [-0.15, -0.1) is 11.3 Å².